The van der Waals surface area contributed by atoms with Gasteiger partial charge in [0.2, 0.25) is 5.91 Å². The van der Waals surface area contributed by atoms with E-state index in [2.05, 4.69) is 22.3 Å². The molecule has 2 heterocycles. The molecular weight excluding hydrogens is 366 g/mol. The Balaban J connectivity index is 1.27. The fraction of sp³-hybridized carbons (Fsp3) is 0.391. The van der Waals surface area contributed by atoms with Crippen molar-refractivity contribution in [1.29, 1.82) is 0 Å². The van der Waals surface area contributed by atoms with Crippen molar-refractivity contribution >= 4 is 23.2 Å². The van der Waals surface area contributed by atoms with Gasteiger partial charge in [0.25, 0.3) is 5.91 Å². The topological polar surface area (TPSA) is 61.9 Å². The first kappa shape index (κ1) is 19.3. The highest BCUT2D eigenvalue weighted by molar-refractivity contribution is 5.95. The Labute approximate surface area is 171 Å². The smallest absolute Gasteiger partial charge is 0.258 e. The summed E-state index contributed by atoms with van der Waals surface area (Å²) in [6.45, 7) is 3.37. The van der Waals surface area contributed by atoms with E-state index in [-0.39, 0.29) is 18.4 Å². The van der Waals surface area contributed by atoms with Gasteiger partial charge in [-0.05, 0) is 55.2 Å². The molecule has 0 spiro atoms. The lowest BCUT2D eigenvalue weighted by atomic mass is 10.1. The van der Waals surface area contributed by atoms with Gasteiger partial charge in [-0.1, -0.05) is 18.2 Å². The zero-order valence-electron chi connectivity index (χ0n) is 16.6. The number of hydrogen-bond acceptors (Lipinski definition) is 4. The van der Waals surface area contributed by atoms with Crippen molar-refractivity contribution in [2.24, 2.45) is 0 Å². The molecular formula is C23H27N3O3. The van der Waals surface area contributed by atoms with Crippen LogP contribution in [0.15, 0.2) is 48.5 Å². The van der Waals surface area contributed by atoms with Crippen molar-refractivity contribution < 1.29 is 14.3 Å². The number of anilines is 2. The zero-order valence-corrected chi connectivity index (χ0v) is 16.6. The van der Waals surface area contributed by atoms with Crippen LogP contribution in [-0.4, -0.2) is 38.1 Å². The van der Waals surface area contributed by atoms with Crippen molar-refractivity contribution in [1.82, 2.24) is 5.32 Å². The molecule has 29 heavy (non-hydrogen) atoms. The summed E-state index contributed by atoms with van der Waals surface area (Å²) >= 11 is 0. The number of nitrogens with zero attached hydrogens (tertiary/aromatic N) is 2. The number of rotatable bonds is 7. The molecule has 6 heteroatoms. The summed E-state index contributed by atoms with van der Waals surface area (Å²) in [6, 6.07) is 15.6. The SMILES string of the molecule is O=C(COc1ccc(N2CCCC2=O)cc1)NCc1ccccc1N1CCCC1. The standard InChI is InChI=1S/C23H27N3O3/c27-22(24-16-18-6-1-2-7-21(18)25-13-3-4-14-25)17-29-20-11-9-19(10-12-20)26-15-5-8-23(26)28/h1-2,6-7,9-12H,3-5,8,13-17H2,(H,24,27). The van der Waals surface area contributed by atoms with Crippen molar-refractivity contribution in [3.8, 4) is 5.75 Å². The van der Waals surface area contributed by atoms with Gasteiger partial charge in [-0.2, -0.15) is 0 Å². The van der Waals surface area contributed by atoms with E-state index in [1.807, 2.05) is 24.3 Å². The molecule has 2 aromatic carbocycles. The number of nitrogens with one attached hydrogen (secondary N) is 1. The molecule has 0 aromatic heterocycles. The van der Waals surface area contributed by atoms with E-state index in [0.29, 0.717) is 18.7 Å². The second-order valence-corrected chi connectivity index (χ2v) is 7.53. The van der Waals surface area contributed by atoms with Gasteiger partial charge in [0.1, 0.15) is 5.75 Å². The Morgan fingerprint density at radius 2 is 1.72 bits per heavy atom. The summed E-state index contributed by atoms with van der Waals surface area (Å²) in [4.78, 5) is 28.2. The Kier molecular flexibility index (Phi) is 5.98. The molecule has 2 aromatic rings. The predicted molar refractivity (Wildman–Crippen MR) is 113 cm³/mol. The Morgan fingerprint density at radius 3 is 2.45 bits per heavy atom. The van der Waals surface area contributed by atoms with Gasteiger partial charge in [0.05, 0.1) is 0 Å². The van der Waals surface area contributed by atoms with Crippen LogP contribution in [0.3, 0.4) is 0 Å². The Bertz CT molecular complexity index is 860. The summed E-state index contributed by atoms with van der Waals surface area (Å²) in [5, 5.41) is 2.95. The van der Waals surface area contributed by atoms with Crippen molar-refractivity contribution in [3.05, 3.63) is 54.1 Å². The molecule has 0 bridgehead atoms. The average molecular weight is 393 g/mol. The molecule has 0 aliphatic carbocycles. The third-order valence-electron chi connectivity index (χ3n) is 5.51. The quantitative estimate of drug-likeness (QED) is 0.785. The first-order valence-electron chi connectivity index (χ1n) is 10.3. The van der Waals surface area contributed by atoms with Crippen LogP contribution in [-0.2, 0) is 16.1 Å². The molecule has 2 amide bonds. The van der Waals surface area contributed by atoms with Crippen LogP contribution < -0.4 is 19.9 Å². The van der Waals surface area contributed by atoms with Crippen LogP contribution in [0.5, 0.6) is 5.75 Å². The van der Waals surface area contributed by atoms with Gasteiger partial charge in [0.15, 0.2) is 6.61 Å². The summed E-state index contributed by atoms with van der Waals surface area (Å²) in [5.74, 6) is 0.625. The van der Waals surface area contributed by atoms with Crippen molar-refractivity contribution in [2.45, 2.75) is 32.2 Å². The minimum absolute atomic E-state index is 0.0339. The summed E-state index contributed by atoms with van der Waals surface area (Å²) < 4.78 is 5.60. The van der Waals surface area contributed by atoms with E-state index < -0.39 is 0 Å². The number of benzene rings is 2. The Morgan fingerprint density at radius 1 is 0.966 bits per heavy atom. The van der Waals surface area contributed by atoms with E-state index >= 15 is 0 Å². The van der Waals surface area contributed by atoms with E-state index in [1.165, 1.54) is 18.5 Å². The van der Waals surface area contributed by atoms with Gasteiger partial charge < -0.3 is 19.9 Å². The number of carbonyl (C=O) groups is 2. The van der Waals surface area contributed by atoms with Gasteiger partial charge in [-0.3, -0.25) is 9.59 Å². The highest BCUT2D eigenvalue weighted by Gasteiger charge is 2.21. The number of hydrogen-bond donors (Lipinski definition) is 1. The van der Waals surface area contributed by atoms with Crippen LogP contribution in [0.1, 0.15) is 31.2 Å². The normalized spacial score (nSPS) is 16.3. The van der Waals surface area contributed by atoms with E-state index in [9.17, 15) is 9.59 Å². The molecule has 2 aliphatic rings. The number of ether oxygens (including phenoxy) is 1. The zero-order chi connectivity index (χ0) is 20.1. The van der Waals surface area contributed by atoms with Crippen molar-refractivity contribution in [2.75, 3.05) is 36.0 Å². The molecule has 0 atom stereocenters. The number of amides is 2. The van der Waals surface area contributed by atoms with Gasteiger partial charge in [0, 0.05) is 44.0 Å². The van der Waals surface area contributed by atoms with Crippen LogP contribution in [0, 0.1) is 0 Å². The molecule has 2 fully saturated rings. The summed E-state index contributed by atoms with van der Waals surface area (Å²) in [7, 11) is 0. The molecule has 6 nitrogen and oxygen atoms in total. The van der Waals surface area contributed by atoms with Gasteiger partial charge >= 0.3 is 0 Å². The largest absolute Gasteiger partial charge is 0.484 e. The average Bonchev–Trinajstić information content (AvgIpc) is 3.43. The van der Waals surface area contributed by atoms with Crippen LogP contribution >= 0.6 is 0 Å². The van der Waals surface area contributed by atoms with Crippen LogP contribution in [0.4, 0.5) is 11.4 Å². The molecule has 2 aliphatic heterocycles. The molecule has 152 valence electrons. The highest BCUT2D eigenvalue weighted by atomic mass is 16.5. The second kappa shape index (κ2) is 8.99. The maximum atomic E-state index is 12.2. The lowest BCUT2D eigenvalue weighted by molar-refractivity contribution is -0.123. The summed E-state index contributed by atoms with van der Waals surface area (Å²) in [5.41, 5.74) is 3.21. The second-order valence-electron chi connectivity index (χ2n) is 7.53. The van der Waals surface area contributed by atoms with Gasteiger partial charge in [-0.25, -0.2) is 0 Å². The maximum Gasteiger partial charge on any atom is 0.258 e. The van der Waals surface area contributed by atoms with Crippen LogP contribution in [0.2, 0.25) is 0 Å². The fourth-order valence-electron chi connectivity index (χ4n) is 3.96. The first-order valence-corrected chi connectivity index (χ1v) is 10.3. The van der Waals surface area contributed by atoms with E-state index in [1.54, 1.807) is 17.0 Å². The lowest BCUT2D eigenvalue weighted by Crippen LogP contribution is -2.29. The molecule has 0 unspecified atom stereocenters. The molecule has 0 saturated carbocycles. The van der Waals surface area contributed by atoms with Crippen LogP contribution in [0.25, 0.3) is 0 Å². The highest BCUT2D eigenvalue weighted by Crippen LogP contribution is 2.25. The minimum atomic E-state index is -0.153. The maximum absolute atomic E-state index is 12.2. The van der Waals surface area contributed by atoms with E-state index in [4.69, 9.17) is 4.74 Å². The monoisotopic (exact) mass is 393 g/mol. The number of para-hydroxylation sites is 1. The molecule has 4 rings (SSSR count). The lowest BCUT2D eigenvalue weighted by Gasteiger charge is -2.21. The van der Waals surface area contributed by atoms with Crippen molar-refractivity contribution in [3.63, 3.8) is 0 Å². The third-order valence-corrected chi connectivity index (χ3v) is 5.51. The summed E-state index contributed by atoms with van der Waals surface area (Å²) in [6.07, 6.45) is 3.95. The minimum Gasteiger partial charge on any atom is -0.484 e. The third kappa shape index (κ3) is 4.70. The molecule has 2 saturated heterocycles. The van der Waals surface area contributed by atoms with E-state index in [0.717, 1.165) is 37.3 Å². The molecule has 0 radical (unpaired) electrons. The predicted octanol–water partition coefficient (Wildman–Crippen LogP) is 3.11. The Hall–Kier alpha value is -3.02. The number of carbonyl (C=O) groups excluding carboxylic acids is 2. The molecule has 1 N–H and O–H groups in total. The van der Waals surface area contributed by atoms with Gasteiger partial charge in [-0.15, -0.1) is 0 Å². The fourth-order valence-corrected chi connectivity index (χ4v) is 3.96. The first-order chi connectivity index (χ1) is 14.2.